The maximum Gasteiger partial charge on any atom is 0.337 e. The van der Waals surface area contributed by atoms with E-state index >= 15 is 0 Å². The highest BCUT2D eigenvalue weighted by Gasteiger charge is 2.09. The van der Waals surface area contributed by atoms with Crippen molar-refractivity contribution < 1.29 is 14.6 Å². The Hall–Kier alpha value is -1.35. The van der Waals surface area contributed by atoms with Crippen LogP contribution in [-0.2, 0) is 11.2 Å². The molecule has 0 saturated carbocycles. The Kier molecular flexibility index (Phi) is 5.86. The zero-order chi connectivity index (χ0) is 13.5. The predicted molar refractivity (Wildman–Crippen MR) is 71.6 cm³/mol. The number of methoxy groups -OCH3 is 1. The van der Waals surface area contributed by atoms with Gasteiger partial charge in [-0.2, -0.15) is 0 Å². The Morgan fingerprint density at radius 2 is 1.89 bits per heavy atom. The molecule has 0 amide bonds. The second kappa shape index (κ2) is 7.17. The highest BCUT2D eigenvalue weighted by molar-refractivity contribution is 5.89. The highest BCUT2D eigenvalue weighted by atomic mass is 16.5. The predicted octanol–water partition coefficient (Wildman–Crippen LogP) is 2.81. The molecule has 1 atom stereocenters. The summed E-state index contributed by atoms with van der Waals surface area (Å²) in [6, 6.07) is 7.43. The van der Waals surface area contributed by atoms with Gasteiger partial charge in [-0.15, -0.1) is 0 Å². The zero-order valence-corrected chi connectivity index (χ0v) is 11.3. The van der Waals surface area contributed by atoms with Crippen LogP contribution in [0.25, 0.3) is 0 Å². The number of esters is 1. The third-order valence-electron chi connectivity index (χ3n) is 3.11. The Morgan fingerprint density at radius 3 is 2.39 bits per heavy atom. The number of carbonyl (C=O) groups excluding carboxylic acids is 1. The molecule has 0 heterocycles. The minimum absolute atomic E-state index is 0.223. The van der Waals surface area contributed by atoms with E-state index in [2.05, 4.69) is 4.74 Å². The van der Waals surface area contributed by atoms with Crippen molar-refractivity contribution in [3.63, 3.8) is 0 Å². The molecule has 0 aromatic heterocycles. The topological polar surface area (TPSA) is 46.5 Å². The van der Waals surface area contributed by atoms with E-state index in [4.69, 9.17) is 0 Å². The first-order valence-electron chi connectivity index (χ1n) is 6.40. The van der Waals surface area contributed by atoms with Gasteiger partial charge in [0.2, 0.25) is 0 Å². The van der Waals surface area contributed by atoms with Gasteiger partial charge in [0.15, 0.2) is 0 Å². The fraction of sp³-hybridized carbons (Fsp3) is 0.533. The van der Waals surface area contributed by atoms with Crippen molar-refractivity contribution in [2.45, 2.75) is 39.2 Å². The molecule has 1 aromatic rings. The molecule has 0 aliphatic heterocycles. The van der Waals surface area contributed by atoms with E-state index in [1.807, 2.05) is 26.0 Å². The molecule has 1 unspecified atom stereocenters. The molecule has 1 rings (SSSR count). The van der Waals surface area contributed by atoms with Crippen LogP contribution in [0.4, 0.5) is 0 Å². The number of aliphatic hydroxyl groups excluding tert-OH is 1. The molecule has 0 fully saturated rings. The van der Waals surface area contributed by atoms with E-state index in [9.17, 15) is 9.90 Å². The van der Waals surface area contributed by atoms with Gasteiger partial charge in [-0.05, 0) is 42.9 Å². The van der Waals surface area contributed by atoms with Crippen LogP contribution in [0, 0.1) is 5.92 Å². The average molecular weight is 250 g/mol. The molecule has 0 saturated heterocycles. The van der Waals surface area contributed by atoms with Crippen molar-refractivity contribution in [3.8, 4) is 0 Å². The SMILES string of the molecule is COC(=O)c1ccc(CCCC(O)C(C)C)cc1. The Bertz CT molecular complexity index is 368. The molecule has 0 spiro atoms. The van der Waals surface area contributed by atoms with Crippen LogP contribution in [0.5, 0.6) is 0 Å². The van der Waals surface area contributed by atoms with Crippen molar-refractivity contribution >= 4 is 5.97 Å². The van der Waals surface area contributed by atoms with Gasteiger partial charge in [0.05, 0.1) is 18.8 Å². The largest absolute Gasteiger partial charge is 0.465 e. The van der Waals surface area contributed by atoms with Gasteiger partial charge in [0, 0.05) is 0 Å². The lowest BCUT2D eigenvalue weighted by atomic mass is 9.99. The van der Waals surface area contributed by atoms with Crippen LogP contribution in [0.2, 0.25) is 0 Å². The van der Waals surface area contributed by atoms with E-state index in [0.29, 0.717) is 11.5 Å². The van der Waals surface area contributed by atoms with Crippen LogP contribution in [-0.4, -0.2) is 24.3 Å². The molecule has 0 aliphatic rings. The van der Waals surface area contributed by atoms with Crippen molar-refractivity contribution in [2.24, 2.45) is 5.92 Å². The molecule has 0 radical (unpaired) electrons. The third kappa shape index (κ3) is 4.49. The lowest BCUT2D eigenvalue weighted by molar-refractivity contribution is 0.0600. The first-order chi connectivity index (χ1) is 8.54. The fourth-order valence-electron chi connectivity index (χ4n) is 1.77. The summed E-state index contributed by atoms with van der Waals surface area (Å²) in [7, 11) is 1.38. The summed E-state index contributed by atoms with van der Waals surface area (Å²) in [5, 5.41) is 9.69. The van der Waals surface area contributed by atoms with Crippen LogP contribution in [0.3, 0.4) is 0 Å². The summed E-state index contributed by atoms with van der Waals surface area (Å²) >= 11 is 0. The fourth-order valence-corrected chi connectivity index (χ4v) is 1.77. The summed E-state index contributed by atoms with van der Waals surface area (Å²) in [6.07, 6.45) is 2.47. The maximum atomic E-state index is 11.2. The highest BCUT2D eigenvalue weighted by Crippen LogP contribution is 2.12. The monoisotopic (exact) mass is 250 g/mol. The first kappa shape index (κ1) is 14.7. The quantitative estimate of drug-likeness (QED) is 0.790. The summed E-state index contributed by atoms with van der Waals surface area (Å²) in [6.45, 7) is 4.05. The number of rotatable bonds is 6. The minimum Gasteiger partial charge on any atom is -0.465 e. The number of aryl methyl sites for hydroxylation is 1. The number of hydrogen-bond acceptors (Lipinski definition) is 3. The molecule has 0 bridgehead atoms. The summed E-state index contributed by atoms with van der Waals surface area (Å²) in [5.41, 5.74) is 1.75. The van der Waals surface area contributed by atoms with Gasteiger partial charge in [-0.1, -0.05) is 26.0 Å². The van der Waals surface area contributed by atoms with Gasteiger partial charge < -0.3 is 9.84 Å². The molecule has 1 aromatic carbocycles. The second-order valence-electron chi connectivity index (χ2n) is 4.89. The number of benzene rings is 1. The van der Waals surface area contributed by atoms with E-state index in [1.54, 1.807) is 12.1 Å². The van der Waals surface area contributed by atoms with Crippen molar-refractivity contribution in [1.82, 2.24) is 0 Å². The van der Waals surface area contributed by atoms with Crippen molar-refractivity contribution in [1.29, 1.82) is 0 Å². The lowest BCUT2D eigenvalue weighted by Crippen LogP contribution is -2.14. The Balaban J connectivity index is 2.42. The molecule has 100 valence electrons. The van der Waals surface area contributed by atoms with Crippen LogP contribution in [0.1, 0.15) is 42.6 Å². The molecule has 3 nitrogen and oxygen atoms in total. The van der Waals surface area contributed by atoms with Gasteiger partial charge in [0.25, 0.3) is 0 Å². The standard InChI is InChI=1S/C15H22O3/c1-11(2)14(16)6-4-5-12-7-9-13(10-8-12)15(17)18-3/h7-11,14,16H,4-6H2,1-3H3. The maximum absolute atomic E-state index is 11.2. The van der Waals surface area contributed by atoms with Gasteiger partial charge >= 0.3 is 5.97 Å². The summed E-state index contributed by atoms with van der Waals surface area (Å²) in [5.74, 6) is 0.00322. The smallest absolute Gasteiger partial charge is 0.337 e. The third-order valence-corrected chi connectivity index (χ3v) is 3.11. The molecule has 1 N–H and O–H groups in total. The average Bonchev–Trinajstić information content (AvgIpc) is 2.38. The second-order valence-corrected chi connectivity index (χ2v) is 4.89. The Labute approximate surface area is 109 Å². The molecule has 3 heteroatoms. The van der Waals surface area contributed by atoms with Crippen LogP contribution >= 0.6 is 0 Å². The van der Waals surface area contributed by atoms with Crippen molar-refractivity contribution in [2.75, 3.05) is 7.11 Å². The number of carbonyl (C=O) groups is 1. The number of hydrogen-bond donors (Lipinski definition) is 1. The van der Waals surface area contributed by atoms with E-state index < -0.39 is 0 Å². The summed E-state index contributed by atoms with van der Waals surface area (Å²) < 4.78 is 4.64. The number of aliphatic hydroxyl groups is 1. The zero-order valence-electron chi connectivity index (χ0n) is 11.3. The van der Waals surface area contributed by atoms with E-state index in [0.717, 1.165) is 19.3 Å². The normalized spacial score (nSPS) is 12.5. The van der Waals surface area contributed by atoms with E-state index in [1.165, 1.54) is 12.7 Å². The van der Waals surface area contributed by atoms with Gasteiger partial charge in [-0.25, -0.2) is 4.79 Å². The number of ether oxygens (including phenoxy) is 1. The first-order valence-corrected chi connectivity index (χ1v) is 6.40. The van der Waals surface area contributed by atoms with Crippen molar-refractivity contribution in [3.05, 3.63) is 35.4 Å². The molecular formula is C15H22O3. The van der Waals surface area contributed by atoms with Gasteiger partial charge in [0.1, 0.15) is 0 Å². The van der Waals surface area contributed by atoms with Crippen LogP contribution < -0.4 is 0 Å². The Morgan fingerprint density at radius 1 is 1.28 bits per heavy atom. The van der Waals surface area contributed by atoms with Gasteiger partial charge in [-0.3, -0.25) is 0 Å². The lowest BCUT2D eigenvalue weighted by Gasteiger charge is -2.13. The van der Waals surface area contributed by atoms with E-state index in [-0.39, 0.29) is 12.1 Å². The molecule has 18 heavy (non-hydrogen) atoms. The van der Waals surface area contributed by atoms with Crippen LogP contribution in [0.15, 0.2) is 24.3 Å². The molecule has 0 aliphatic carbocycles. The summed E-state index contributed by atoms with van der Waals surface area (Å²) in [4.78, 5) is 11.2. The molecular weight excluding hydrogens is 228 g/mol. The minimum atomic E-state index is -0.309.